The second-order valence-corrected chi connectivity index (χ2v) is 11.7. The molecule has 1 heterocycles. The van der Waals surface area contributed by atoms with Crippen LogP contribution < -0.4 is 10.1 Å². The van der Waals surface area contributed by atoms with E-state index in [9.17, 15) is 9.59 Å². The largest absolute Gasteiger partial charge is 0.492 e. The average Bonchev–Trinajstić information content (AvgIpc) is 2.63. The van der Waals surface area contributed by atoms with Gasteiger partial charge in [0, 0.05) is 51.9 Å². The van der Waals surface area contributed by atoms with Crippen molar-refractivity contribution >= 4 is 34.8 Å². The Hall–Kier alpha value is -1.78. The maximum Gasteiger partial charge on any atom is 0.162 e. The molecule has 0 spiro atoms. The Balaban J connectivity index is 1.97. The molecule has 0 aromatic heterocycles. The van der Waals surface area contributed by atoms with E-state index in [-0.39, 0.29) is 22.4 Å². The van der Waals surface area contributed by atoms with E-state index >= 15 is 0 Å². The van der Waals surface area contributed by atoms with E-state index in [4.69, 9.17) is 27.9 Å². The third-order valence-electron chi connectivity index (χ3n) is 6.52. The zero-order chi connectivity index (χ0) is 23.4. The number of Topliss-reactive ketones (excluding diaryl/α,β-unsaturated/α-hetero) is 2. The molecule has 6 heteroatoms. The fourth-order valence-electron chi connectivity index (χ4n) is 5.35. The molecule has 172 valence electrons. The van der Waals surface area contributed by atoms with Gasteiger partial charge in [-0.05, 0) is 42.2 Å². The first-order chi connectivity index (χ1) is 14.9. The number of ether oxygens (including phenoxy) is 1. The summed E-state index contributed by atoms with van der Waals surface area (Å²) >= 11 is 13.0. The van der Waals surface area contributed by atoms with E-state index in [1.807, 2.05) is 13.0 Å². The SMILES string of the molecule is CCCOc1c(Cl)cc(Cl)cc1C1C2=C(CC(C)(C)CC2=O)NC2=C1C(=O)CC(C)(C)C2. The number of carbonyl (C=O) groups excluding carboxylic acids is 2. The van der Waals surface area contributed by atoms with Gasteiger partial charge in [0.1, 0.15) is 5.75 Å². The molecule has 1 aromatic carbocycles. The standard InChI is InChI=1S/C26H31Cl2NO3/c1-6-7-32-24-15(8-14(27)9-16(24)28)21-22-17(10-25(2,3)12-19(22)30)29-18-11-26(4,5)13-20(31)23(18)21/h8-9,21,29H,6-7,10-13H2,1-5H3. The second-order valence-electron chi connectivity index (χ2n) is 10.9. The van der Waals surface area contributed by atoms with Crippen molar-refractivity contribution in [3.63, 3.8) is 0 Å². The summed E-state index contributed by atoms with van der Waals surface area (Å²) in [6, 6.07) is 3.46. The minimum atomic E-state index is -0.517. The Kier molecular flexibility index (Phi) is 6.00. The van der Waals surface area contributed by atoms with Crippen LogP contribution in [-0.2, 0) is 9.59 Å². The van der Waals surface area contributed by atoms with E-state index in [1.165, 1.54) is 0 Å². The molecule has 0 amide bonds. The van der Waals surface area contributed by atoms with E-state index in [0.29, 0.717) is 52.0 Å². The van der Waals surface area contributed by atoms with E-state index in [1.54, 1.807) is 6.07 Å². The third kappa shape index (κ3) is 4.24. The Labute approximate surface area is 200 Å². The molecule has 1 N–H and O–H groups in total. The van der Waals surface area contributed by atoms with Crippen molar-refractivity contribution < 1.29 is 14.3 Å². The van der Waals surface area contributed by atoms with E-state index < -0.39 is 5.92 Å². The van der Waals surface area contributed by atoms with Crippen molar-refractivity contribution in [3.8, 4) is 5.75 Å². The first-order valence-electron chi connectivity index (χ1n) is 11.3. The summed E-state index contributed by atoms with van der Waals surface area (Å²) in [5, 5.41) is 4.39. The lowest BCUT2D eigenvalue weighted by Gasteiger charge is -2.44. The van der Waals surface area contributed by atoms with Crippen molar-refractivity contribution in [3.05, 3.63) is 50.3 Å². The van der Waals surface area contributed by atoms with Gasteiger partial charge in [-0.15, -0.1) is 0 Å². The molecule has 1 aliphatic heterocycles. The maximum absolute atomic E-state index is 13.5. The van der Waals surface area contributed by atoms with E-state index in [2.05, 4.69) is 33.0 Å². The Morgan fingerprint density at radius 1 is 0.938 bits per heavy atom. The second kappa shape index (κ2) is 8.22. The first kappa shape index (κ1) is 23.4. The maximum atomic E-state index is 13.5. The highest BCUT2D eigenvalue weighted by molar-refractivity contribution is 6.35. The van der Waals surface area contributed by atoms with Crippen LogP contribution in [0.15, 0.2) is 34.7 Å². The fraction of sp³-hybridized carbons (Fsp3) is 0.538. The predicted molar refractivity (Wildman–Crippen MR) is 128 cm³/mol. The van der Waals surface area contributed by atoms with Crippen molar-refractivity contribution in [2.45, 2.75) is 72.6 Å². The summed E-state index contributed by atoms with van der Waals surface area (Å²) in [7, 11) is 0. The molecule has 0 radical (unpaired) electrons. The molecule has 0 saturated carbocycles. The number of carbonyl (C=O) groups is 2. The summed E-state index contributed by atoms with van der Waals surface area (Å²) < 4.78 is 6.06. The highest BCUT2D eigenvalue weighted by Gasteiger charge is 2.47. The first-order valence-corrected chi connectivity index (χ1v) is 12.1. The molecule has 4 rings (SSSR count). The Bertz CT molecular complexity index is 1010. The summed E-state index contributed by atoms with van der Waals surface area (Å²) in [5.41, 5.74) is 3.57. The van der Waals surface area contributed by atoms with Gasteiger partial charge in [0.25, 0.3) is 0 Å². The van der Waals surface area contributed by atoms with Crippen LogP contribution >= 0.6 is 23.2 Å². The van der Waals surface area contributed by atoms with Gasteiger partial charge in [-0.1, -0.05) is 57.8 Å². The Morgan fingerprint density at radius 3 is 1.97 bits per heavy atom. The zero-order valence-electron chi connectivity index (χ0n) is 19.5. The van der Waals surface area contributed by atoms with Gasteiger partial charge in [-0.25, -0.2) is 0 Å². The molecule has 0 saturated heterocycles. The van der Waals surface area contributed by atoms with Crippen LogP contribution in [0.5, 0.6) is 5.75 Å². The highest BCUT2D eigenvalue weighted by atomic mass is 35.5. The van der Waals surface area contributed by atoms with Gasteiger partial charge in [-0.2, -0.15) is 0 Å². The van der Waals surface area contributed by atoms with Crippen LogP contribution in [0, 0.1) is 10.8 Å². The molecular formula is C26H31Cl2NO3. The lowest BCUT2D eigenvalue weighted by molar-refractivity contribution is -0.119. The van der Waals surface area contributed by atoms with Crippen molar-refractivity contribution in [1.29, 1.82) is 0 Å². The number of rotatable bonds is 4. The van der Waals surface area contributed by atoms with Gasteiger partial charge in [-0.3, -0.25) is 9.59 Å². The van der Waals surface area contributed by atoms with Crippen LogP contribution in [0.25, 0.3) is 0 Å². The molecule has 4 nitrogen and oxygen atoms in total. The number of dihydropyridines is 1. The van der Waals surface area contributed by atoms with Gasteiger partial charge in [0.15, 0.2) is 11.6 Å². The molecule has 1 aromatic rings. The van der Waals surface area contributed by atoms with Crippen molar-refractivity contribution in [2.75, 3.05) is 6.61 Å². The van der Waals surface area contributed by atoms with Crippen molar-refractivity contribution in [2.24, 2.45) is 10.8 Å². The quantitative estimate of drug-likeness (QED) is 0.522. The Morgan fingerprint density at radius 2 is 1.47 bits per heavy atom. The minimum Gasteiger partial charge on any atom is -0.492 e. The van der Waals surface area contributed by atoms with E-state index in [0.717, 1.165) is 30.7 Å². The fourth-order valence-corrected chi connectivity index (χ4v) is 5.91. The molecule has 32 heavy (non-hydrogen) atoms. The lowest BCUT2D eigenvalue weighted by Crippen LogP contribution is -2.42. The third-order valence-corrected chi connectivity index (χ3v) is 7.02. The number of allylic oxidation sites excluding steroid dienone is 4. The number of ketones is 2. The van der Waals surface area contributed by atoms with Crippen LogP contribution in [0.2, 0.25) is 10.0 Å². The highest BCUT2D eigenvalue weighted by Crippen LogP contribution is 2.53. The molecule has 0 unspecified atom stereocenters. The number of halogens is 2. The monoisotopic (exact) mass is 475 g/mol. The number of hydrogen-bond acceptors (Lipinski definition) is 4. The normalized spacial score (nSPS) is 22.5. The lowest BCUT2D eigenvalue weighted by atomic mass is 9.64. The van der Waals surface area contributed by atoms with Gasteiger partial charge in [0.05, 0.1) is 11.6 Å². The van der Waals surface area contributed by atoms with Crippen LogP contribution in [0.4, 0.5) is 0 Å². The van der Waals surface area contributed by atoms with Gasteiger partial charge in [0.2, 0.25) is 0 Å². The number of benzene rings is 1. The van der Waals surface area contributed by atoms with Gasteiger partial charge >= 0.3 is 0 Å². The van der Waals surface area contributed by atoms with Crippen molar-refractivity contribution in [1.82, 2.24) is 5.32 Å². The summed E-state index contributed by atoms with van der Waals surface area (Å²) in [4.78, 5) is 27.0. The summed E-state index contributed by atoms with van der Waals surface area (Å²) in [5.74, 6) is 0.126. The van der Waals surface area contributed by atoms with Gasteiger partial charge < -0.3 is 10.1 Å². The summed E-state index contributed by atoms with van der Waals surface area (Å²) in [6.07, 6.45) is 3.18. The van der Waals surface area contributed by atoms with Crippen LogP contribution in [0.3, 0.4) is 0 Å². The molecule has 2 aliphatic carbocycles. The minimum absolute atomic E-state index is 0.0653. The summed E-state index contributed by atoms with van der Waals surface area (Å²) in [6.45, 7) is 10.9. The average molecular weight is 476 g/mol. The molecule has 3 aliphatic rings. The number of nitrogens with one attached hydrogen (secondary N) is 1. The number of hydrogen-bond donors (Lipinski definition) is 1. The topological polar surface area (TPSA) is 55.4 Å². The zero-order valence-corrected chi connectivity index (χ0v) is 21.0. The molecule has 0 atom stereocenters. The predicted octanol–water partition coefficient (Wildman–Crippen LogP) is 6.76. The van der Waals surface area contributed by atoms with Crippen LogP contribution in [-0.4, -0.2) is 18.2 Å². The van der Waals surface area contributed by atoms with Crippen LogP contribution in [0.1, 0.15) is 78.2 Å². The molecule has 0 fully saturated rings. The molecular weight excluding hydrogens is 445 g/mol. The smallest absolute Gasteiger partial charge is 0.162 e. The molecule has 0 bridgehead atoms.